The van der Waals surface area contributed by atoms with Gasteiger partial charge in [-0.05, 0) is 80.4 Å². The molecule has 0 saturated heterocycles. The fourth-order valence-electron chi connectivity index (χ4n) is 5.04. The molecule has 0 aliphatic rings. The summed E-state index contributed by atoms with van der Waals surface area (Å²) in [6, 6.07) is 31.7. The van der Waals surface area contributed by atoms with E-state index in [-0.39, 0.29) is 5.91 Å². The molecule has 0 saturated carbocycles. The molecule has 0 atom stereocenters. The quantitative estimate of drug-likeness (QED) is 0.0801. The van der Waals surface area contributed by atoms with E-state index in [2.05, 4.69) is 54.0 Å². The van der Waals surface area contributed by atoms with Crippen LogP contribution >= 0.6 is 0 Å². The van der Waals surface area contributed by atoms with Crippen molar-refractivity contribution < 1.29 is 9.53 Å². The lowest BCUT2D eigenvalue weighted by Crippen LogP contribution is -2.36. The molecule has 5 aromatic rings. The second-order valence-electron chi connectivity index (χ2n) is 12.0. The SMILES string of the molecule is C=CCN(C(=O)C(NCc1ccc(Oc2ccccc2)cc1)=C(C)CC)/C(=C\C)c1ccccc1.CCCC.CNCc1cc2cnccc2[nH]1. The van der Waals surface area contributed by atoms with Gasteiger partial charge in [0.15, 0.2) is 0 Å². The Labute approximate surface area is 305 Å². The first-order valence-electron chi connectivity index (χ1n) is 17.8. The second-order valence-corrected chi connectivity index (χ2v) is 12.0. The van der Waals surface area contributed by atoms with E-state index in [1.54, 1.807) is 17.2 Å². The average molecular weight is 686 g/mol. The predicted molar refractivity (Wildman–Crippen MR) is 214 cm³/mol. The number of ether oxygens (including phenoxy) is 1. The van der Waals surface area contributed by atoms with Gasteiger partial charge >= 0.3 is 0 Å². The van der Waals surface area contributed by atoms with Crippen molar-refractivity contribution in [1.29, 1.82) is 0 Å². The molecule has 0 spiro atoms. The predicted octanol–water partition coefficient (Wildman–Crippen LogP) is 10.4. The zero-order valence-electron chi connectivity index (χ0n) is 31.2. The number of fused-ring (bicyclic) bond motifs is 1. The summed E-state index contributed by atoms with van der Waals surface area (Å²) in [5, 5.41) is 7.67. The van der Waals surface area contributed by atoms with Gasteiger partial charge in [0.1, 0.15) is 11.5 Å². The Morgan fingerprint density at radius 2 is 1.55 bits per heavy atom. The first-order valence-corrected chi connectivity index (χ1v) is 17.8. The maximum Gasteiger partial charge on any atom is 0.274 e. The number of hydrogen-bond donors (Lipinski definition) is 3. The van der Waals surface area contributed by atoms with E-state index in [1.165, 1.54) is 23.9 Å². The monoisotopic (exact) mass is 685 g/mol. The molecule has 3 N–H and O–H groups in total. The molecule has 268 valence electrons. The average Bonchev–Trinajstić information content (AvgIpc) is 3.59. The molecular weight excluding hydrogens is 631 g/mol. The molecule has 51 heavy (non-hydrogen) atoms. The number of benzene rings is 3. The molecule has 2 aromatic heterocycles. The van der Waals surface area contributed by atoms with Crippen molar-refractivity contribution in [2.24, 2.45) is 0 Å². The number of aromatic amines is 1. The summed E-state index contributed by atoms with van der Waals surface area (Å²) >= 11 is 0. The second kappa shape index (κ2) is 22.3. The van der Waals surface area contributed by atoms with E-state index in [4.69, 9.17) is 4.74 Å². The van der Waals surface area contributed by atoms with Gasteiger partial charge < -0.3 is 25.3 Å². The Bertz CT molecular complexity index is 1770. The number of allylic oxidation sites excluding steroid dienone is 2. The van der Waals surface area contributed by atoms with E-state index >= 15 is 0 Å². The van der Waals surface area contributed by atoms with Crippen molar-refractivity contribution in [1.82, 2.24) is 25.5 Å². The van der Waals surface area contributed by atoms with Crippen molar-refractivity contribution in [2.45, 2.75) is 67.0 Å². The van der Waals surface area contributed by atoms with E-state index in [0.717, 1.165) is 52.4 Å². The Balaban J connectivity index is 0.000000359. The lowest BCUT2D eigenvalue weighted by molar-refractivity contribution is -0.124. The Kier molecular flexibility index (Phi) is 17.5. The Hall–Kier alpha value is -5.40. The highest BCUT2D eigenvalue weighted by Gasteiger charge is 2.23. The van der Waals surface area contributed by atoms with Gasteiger partial charge in [-0.1, -0.05) is 106 Å². The first kappa shape index (κ1) is 40.0. The summed E-state index contributed by atoms with van der Waals surface area (Å²) in [6.45, 7) is 16.1. The van der Waals surface area contributed by atoms with Crippen molar-refractivity contribution in [3.8, 4) is 11.5 Å². The third kappa shape index (κ3) is 12.8. The van der Waals surface area contributed by atoms with Gasteiger partial charge in [-0.25, -0.2) is 0 Å². The van der Waals surface area contributed by atoms with E-state index < -0.39 is 0 Å². The lowest BCUT2D eigenvalue weighted by Gasteiger charge is -2.27. The van der Waals surface area contributed by atoms with Crippen LogP contribution in [-0.2, 0) is 17.9 Å². The van der Waals surface area contributed by atoms with Gasteiger partial charge in [0.05, 0.1) is 5.70 Å². The number of unbranched alkanes of at least 4 members (excludes halogenated alkanes) is 1. The zero-order valence-corrected chi connectivity index (χ0v) is 31.2. The van der Waals surface area contributed by atoms with E-state index in [1.807, 2.05) is 124 Å². The highest BCUT2D eigenvalue weighted by Crippen LogP contribution is 2.24. The molecule has 3 aromatic carbocycles. The third-order valence-electron chi connectivity index (χ3n) is 8.08. The normalized spacial score (nSPS) is 11.3. The molecular formula is C44H55N5O2. The molecule has 0 unspecified atom stereocenters. The van der Waals surface area contributed by atoms with Crippen LogP contribution in [0.15, 0.2) is 139 Å². The van der Waals surface area contributed by atoms with Crippen LogP contribution in [0.5, 0.6) is 11.5 Å². The van der Waals surface area contributed by atoms with E-state index in [0.29, 0.717) is 18.8 Å². The van der Waals surface area contributed by atoms with Crippen LogP contribution in [0.1, 0.15) is 70.7 Å². The largest absolute Gasteiger partial charge is 0.457 e. The van der Waals surface area contributed by atoms with E-state index in [9.17, 15) is 4.79 Å². The number of H-pyrrole nitrogens is 1. The van der Waals surface area contributed by atoms with Crippen LogP contribution in [-0.4, -0.2) is 34.4 Å². The smallest absolute Gasteiger partial charge is 0.274 e. The summed E-state index contributed by atoms with van der Waals surface area (Å²) < 4.78 is 5.89. The molecule has 7 nitrogen and oxygen atoms in total. The summed E-state index contributed by atoms with van der Waals surface area (Å²) in [4.78, 5) is 22.9. The molecule has 7 heteroatoms. The van der Waals surface area contributed by atoms with Gasteiger partial charge in [-0.2, -0.15) is 0 Å². The molecule has 5 rings (SSSR count). The van der Waals surface area contributed by atoms with Gasteiger partial charge in [0.25, 0.3) is 5.91 Å². The van der Waals surface area contributed by atoms with Gasteiger partial charge in [-0.15, -0.1) is 6.58 Å². The summed E-state index contributed by atoms with van der Waals surface area (Å²) in [5.41, 5.74) is 6.89. The molecule has 0 aliphatic heterocycles. The van der Waals surface area contributed by atoms with Crippen LogP contribution in [0, 0.1) is 0 Å². The standard InChI is InChI=1S/C31H34N2O2.C9H11N3.C4H10/c1-5-22-33(29(7-3)26-14-10-8-11-15-26)31(34)30(24(4)6-2)32-23-25-18-20-28(21-19-25)35-27-16-12-9-13-17-27;1-10-6-8-4-7-5-11-3-2-9(7)12-8;1-3-4-2/h5,7-21,32H,1,6,22-23H2,2-4H3;2-5,10,12H,6H2,1H3;3-4H2,1-2H3/b29-7-,30-24?;;. The van der Waals surface area contributed by atoms with Gasteiger partial charge in [0, 0.05) is 54.3 Å². The number of pyridine rings is 1. The number of amides is 1. The Morgan fingerprint density at radius 1 is 0.902 bits per heavy atom. The highest BCUT2D eigenvalue weighted by molar-refractivity contribution is 5.99. The fourth-order valence-corrected chi connectivity index (χ4v) is 5.04. The van der Waals surface area contributed by atoms with Crippen LogP contribution < -0.4 is 15.4 Å². The number of carbonyl (C=O) groups excluding carboxylic acids is 1. The van der Waals surface area contributed by atoms with Crippen LogP contribution in [0.3, 0.4) is 0 Å². The maximum atomic E-state index is 13.8. The number of hydrogen-bond acceptors (Lipinski definition) is 5. The van der Waals surface area contributed by atoms with Crippen molar-refractivity contribution in [3.63, 3.8) is 0 Å². The van der Waals surface area contributed by atoms with Crippen LogP contribution in [0.25, 0.3) is 16.6 Å². The number of para-hydroxylation sites is 1. The molecule has 2 heterocycles. The zero-order chi connectivity index (χ0) is 36.8. The fraction of sp³-hybridized carbons (Fsp3) is 0.273. The van der Waals surface area contributed by atoms with Crippen molar-refractivity contribution in [2.75, 3.05) is 13.6 Å². The van der Waals surface area contributed by atoms with Gasteiger partial charge in [0.2, 0.25) is 0 Å². The number of carbonyl (C=O) groups is 1. The molecule has 0 fully saturated rings. The minimum absolute atomic E-state index is 0.0646. The molecule has 0 aliphatic carbocycles. The summed E-state index contributed by atoms with van der Waals surface area (Å²) in [7, 11) is 1.93. The molecule has 0 bridgehead atoms. The van der Waals surface area contributed by atoms with Crippen molar-refractivity contribution in [3.05, 3.63) is 156 Å². The minimum atomic E-state index is -0.0646. The minimum Gasteiger partial charge on any atom is -0.457 e. The summed E-state index contributed by atoms with van der Waals surface area (Å²) in [5.74, 6) is 1.51. The number of aromatic nitrogens is 2. The number of nitrogens with zero attached hydrogens (tertiary/aromatic N) is 2. The van der Waals surface area contributed by atoms with Gasteiger partial charge in [-0.3, -0.25) is 9.78 Å². The number of nitrogens with one attached hydrogen (secondary N) is 3. The highest BCUT2D eigenvalue weighted by atomic mass is 16.5. The third-order valence-corrected chi connectivity index (χ3v) is 8.08. The van der Waals surface area contributed by atoms with Crippen LogP contribution in [0.4, 0.5) is 0 Å². The maximum absolute atomic E-state index is 13.8. The summed E-state index contributed by atoms with van der Waals surface area (Å²) in [6.07, 6.45) is 10.8. The van der Waals surface area contributed by atoms with Crippen molar-refractivity contribution >= 4 is 22.5 Å². The first-order chi connectivity index (χ1) is 24.9. The Morgan fingerprint density at radius 3 is 2.12 bits per heavy atom. The number of rotatable bonds is 14. The van der Waals surface area contributed by atoms with Crippen LogP contribution in [0.2, 0.25) is 0 Å². The lowest BCUT2D eigenvalue weighted by atomic mass is 10.1. The molecule has 0 radical (unpaired) electrons. The molecule has 1 amide bonds. The topological polar surface area (TPSA) is 82.3 Å².